The van der Waals surface area contributed by atoms with Crippen LogP contribution in [0.4, 0.5) is 5.69 Å². The number of amides is 1. The summed E-state index contributed by atoms with van der Waals surface area (Å²) in [6, 6.07) is 12.0. The highest BCUT2D eigenvalue weighted by atomic mass is 32.2. The molecule has 0 heterocycles. The molecule has 0 bridgehead atoms. The van der Waals surface area contributed by atoms with E-state index in [1.54, 1.807) is 24.3 Å². The van der Waals surface area contributed by atoms with Crippen molar-refractivity contribution in [1.82, 2.24) is 5.32 Å². The lowest BCUT2D eigenvalue weighted by molar-refractivity contribution is -0.125. The summed E-state index contributed by atoms with van der Waals surface area (Å²) in [5.41, 5.74) is 0.471. The van der Waals surface area contributed by atoms with Crippen molar-refractivity contribution in [3.05, 3.63) is 54.1 Å². The van der Waals surface area contributed by atoms with Gasteiger partial charge in [-0.25, -0.2) is 13.2 Å². The second-order valence-electron chi connectivity index (χ2n) is 7.37. The van der Waals surface area contributed by atoms with Crippen LogP contribution >= 0.6 is 0 Å². The summed E-state index contributed by atoms with van der Waals surface area (Å²) >= 11 is 0. The van der Waals surface area contributed by atoms with E-state index in [2.05, 4.69) is 5.32 Å². The van der Waals surface area contributed by atoms with E-state index in [-0.39, 0.29) is 22.4 Å². The topological polar surface area (TPSA) is 102 Å². The Morgan fingerprint density at radius 1 is 1.06 bits per heavy atom. The number of anilines is 1. The Morgan fingerprint density at radius 2 is 1.71 bits per heavy atom. The first-order valence-corrected chi connectivity index (χ1v) is 11.2. The van der Waals surface area contributed by atoms with Crippen LogP contribution in [0.2, 0.25) is 0 Å². The number of methoxy groups -OCH3 is 1. The van der Waals surface area contributed by atoms with Gasteiger partial charge in [0.15, 0.2) is 6.61 Å². The average molecular weight is 449 g/mol. The van der Waals surface area contributed by atoms with E-state index >= 15 is 0 Å². The Hall–Kier alpha value is -3.07. The van der Waals surface area contributed by atoms with Gasteiger partial charge in [-0.05, 0) is 55.3 Å². The van der Waals surface area contributed by atoms with E-state index in [1.165, 1.54) is 38.4 Å². The lowest BCUT2D eigenvalue weighted by atomic mass is 10.1. The van der Waals surface area contributed by atoms with Crippen molar-refractivity contribution >= 4 is 27.6 Å². The summed E-state index contributed by atoms with van der Waals surface area (Å²) in [6.45, 7) is 5.34. The second-order valence-corrected chi connectivity index (χ2v) is 9.34. The van der Waals surface area contributed by atoms with E-state index < -0.39 is 28.5 Å². The standard InChI is InChI=1S/C22H28N2O6S/c1-15(2)16(3)23-21(25)14-30-22(26)17-7-6-8-20(13-17)31(27,28)24(4)18-9-11-19(29-5)12-10-18/h6-13,15-16H,14H2,1-5H3,(H,23,25)/t16-/m0/s1. The van der Waals surface area contributed by atoms with Gasteiger partial charge in [0.1, 0.15) is 5.75 Å². The van der Waals surface area contributed by atoms with E-state index in [0.29, 0.717) is 11.4 Å². The fraction of sp³-hybridized carbons (Fsp3) is 0.364. The number of carbonyl (C=O) groups excluding carboxylic acids is 2. The Labute approximate surface area is 183 Å². The molecule has 0 aliphatic heterocycles. The summed E-state index contributed by atoms with van der Waals surface area (Å²) in [7, 11) is -0.977. The van der Waals surface area contributed by atoms with Gasteiger partial charge in [0.05, 0.1) is 23.3 Å². The van der Waals surface area contributed by atoms with Crippen LogP contribution in [0.3, 0.4) is 0 Å². The van der Waals surface area contributed by atoms with Crippen LogP contribution in [-0.4, -0.2) is 47.1 Å². The lowest BCUT2D eigenvalue weighted by Gasteiger charge is -2.20. The molecular formula is C22H28N2O6S. The molecule has 1 atom stereocenters. The van der Waals surface area contributed by atoms with Crippen molar-refractivity contribution in [1.29, 1.82) is 0 Å². The number of nitrogens with zero attached hydrogens (tertiary/aromatic N) is 1. The van der Waals surface area contributed by atoms with Gasteiger partial charge in [0.2, 0.25) is 0 Å². The number of ether oxygens (including phenoxy) is 2. The van der Waals surface area contributed by atoms with Gasteiger partial charge in [-0.1, -0.05) is 19.9 Å². The van der Waals surface area contributed by atoms with Crippen molar-refractivity contribution in [2.45, 2.75) is 31.7 Å². The quantitative estimate of drug-likeness (QED) is 0.592. The summed E-state index contributed by atoms with van der Waals surface area (Å²) in [6.07, 6.45) is 0. The molecule has 0 saturated heterocycles. The zero-order chi connectivity index (χ0) is 23.2. The molecule has 31 heavy (non-hydrogen) atoms. The van der Waals surface area contributed by atoms with Crippen LogP contribution in [0.1, 0.15) is 31.1 Å². The molecule has 168 valence electrons. The molecule has 2 aromatic carbocycles. The molecular weight excluding hydrogens is 420 g/mol. The Bertz CT molecular complexity index is 1020. The van der Waals surface area contributed by atoms with Gasteiger partial charge in [-0.3, -0.25) is 9.10 Å². The van der Waals surface area contributed by atoms with E-state index in [9.17, 15) is 18.0 Å². The van der Waals surface area contributed by atoms with E-state index in [4.69, 9.17) is 9.47 Å². The third-order valence-corrected chi connectivity index (χ3v) is 6.67. The fourth-order valence-electron chi connectivity index (χ4n) is 2.55. The monoisotopic (exact) mass is 448 g/mol. The smallest absolute Gasteiger partial charge is 0.338 e. The summed E-state index contributed by atoms with van der Waals surface area (Å²) in [4.78, 5) is 24.2. The van der Waals surface area contributed by atoms with E-state index in [0.717, 1.165) is 4.31 Å². The lowest BCUT2D eigenvalue weighted by Crippen LogP contribution is -2.38. The maximum Gasteiger partial charge on any atom is 0.338 e. The van der Waals surface area contributed by atoms with Crippen LogP contribution in [0.25, 0.3) is 0 Å². The third kappa shape index (κ3) is 6.21. The summed E-state index contributed by atoms with van der Waals surface area (Å²) in [5.74, 6) is -0.357. The minimum atomic E-state index is -3.92. The number of rotatable bonds is 9. The van der Waals surface area contributed by atoms with Crippen LogP contribution in [0.5, 0.6) is 5.75 Å². The predicted octanol–water partition coefficient (Wildman–Crippen LogP) is 2.84. The second kappa shape index (κ2) is 10.3. The molecule has 0 fully saturated rings. The molecule has 0 aliphatic carbocycles. The number of sulfonamides is 1. The molecule has 1 N–H and O–H groups in total. The van der Waals surface area contributed by atoms with Crippen molar-refractivity contribution in [2.24, 2.45) is 5.92 Å². The SMILES string of the molecule is COc1ccc(N(C)S(=O)(=O)c2cccc(C(=O)OCC(=O)N[C@@H](C)C(C)C)c2)cc1. The van der Waals surface area contributed by atoms with Gasteiger partial charge >= 0.3 is 5.97 Å². The molecule has 9 heteroatoms. The first kappa shape index (κ1) is 24.2. The maximum absolute atomic E-state index is 13.0. The summed E-state index contributed by atoms with van der Waals surface area (Å²) in [5, 5.41) is 2.74. The highest BCUT2D eigenvalue weighted by molar-refractivity contribution is 7.92. The van der Waals surface area contributed by atoms with Gasteiger partial charge in [0.25, 0.3) is 15.9 Å². The molecule has 0 saturated carbocycles. The molecule has 2 aromatic rings. The highest BCUT2D eigenvalue weighted by Crippen LogP contribution is 2.24. The summed E-state index contributed by atoms with van der Waals surface area (Å²) < 4.78 is 37.2. The minimum absolute atomic E-state index is 0.0360. The fourth-order valence-corrected chi connectivity index (χ4v) is 3.79. The largest absolute Gasteiger partial charge is 0.497 e. The zero-order valence-electron chi connectivity index (χ0n) is 18.3. The van der Waals surface area contributed by atoms with Crippen molar-refractivity contribution in [3.8, 4) is 5.75 Å². The van der Waals surface area contributed by atoms with Gasteiger partial charge in [-0.2, -0.15) is 0 Å². The normalized spacial score (nSPS) is 12.2. The molecule has 2 rings (SSSR count). The number of benzene rings is 2. The first-order valence-electron chi connectivity index (χ1n) is 9.75. The van der Waals surface area contributed by atoms with Crippen LogP contribution < -0.4 is 14.4 Å². The molecule has 0 aromatic heterocycles. The van der Waals surface area contributed by atoms with Crippen molar-refractivity contribution in [3.63, 3.8) is 0 Å². The average Bonchev–Trinajstić information content (AvgIpc) is 2.76. The van der Waals surface area contributed by atoms with Crippen molar-refractivity contribution in [2.75, 3.05) is 25.1 Å². The Balaban J connectivity index is 2.12. The number of carbonyl (C=O) groups is 2. The molecule has 1 amide bonds. The molecule has 0 radical (unpaired) electrons. The van der Waals surface area contributed by atoms with Gasteiger partial charge < -0.3 is 14.8 Å². The van der Waals surface area contributed by atoms with Crippen LogP contribution in [-0.2, 0) is 19.6 Å². The van der Waals surface area contributed by atoms with Crippen molar-refractivity contribution < 1.29 is 27.5 Å². The molecule has 0 aliphatic rings. The third-order valence-electron chi connectivity index (χ3n) is 4.89. The Kier molecular flexibility index (Phi) is 8.04. The van der Waals surface area contributed by atoms with Crippen LogP contribution in [0, 0.1) is 5.92 Å². The molecule has 0 unspecified atom stereocenters. The van der Waals surface area contributed by atoms with E-state index in [1.807, 2.05) is 20.8 Å². The number of nitrogens with one attached hydrogen (secondary N) is 1. The molecule has 0 spiro atoms. The number of esters is 1. The predicted molar refractivity (Wildman–Crippen MR) is 118 cm³/mol. The number of hydrogen-bond acceptors (Lipinski definition) is 6. The zero-order valence-corrected chi connectivity index (χ0v) is 19.1. The van der Waals surface area contributed by atoms with Gasteiger partial charge in [-0.15, -0.1) is 0 Å². The molecule has 8 nitrogen and oxygen atoms in total. The number of hydrogen-bond donors (Lipinski definition) is 1. The first-order chi connectivity index (χ1) is 14.6. The van der Waals surface area contributed by atoms with Gasteiger partial charge in [0, 0.05) is 13.1 Å². The Morgan fingerprint density at radius 3 is 2.29 bits per heavy atom. The highest BCUT2D eigenvalue weighted by Gasteiger charge is 2.23. The van der Waals surface area contributed by atoms with Crippen LogP contribution in [0.15, 0.2) is 53.4 Å². The maximum atomic E-state index is 13.0. The minimum Gasteiger partial charge on any atom is -0.497 e.